The number of phenols is 1. The van der Waals surface area contributed by atoms with Crippen molar-refractivity contribution in [2.75, 3.05) is 13.7 Å². The highest BCUT2D eigenvalue weighted by Gasteiger charge is 2.23. The summed E-state index contributed by atoms with van der Waals surface area (Å²) in [5, 5.41) is 14.7. The minimum absolute atomic E-state index is 0.0971. The van der Waals surface area contributed by atoms with Gasteiger partial charge in [0.25, 0.3) is 11.8 Å². The van der Waals surface area contributed by atoms with Gasteiger partial charge in [-0.05, 0) is 36.2 Å². The fraction of sp³-hybridized carbons (Fsp3) is 0.278. The second-order valence-corrected chi connectivity index (χ2v) is 6.81. The average molecular weight is 391 g/mol. The lowest BCUT2D eigenvalue weighted by Gasteiger charge is -2.13. The Bertz CT molecular complexity index is 849. The third-order valence-corrected chi connectivity index (χ3v) is 4.97. The summed E-state index contributed by atoms with van der Waals surface area (Å²) in [6, 6.07) is 7.21. The van der Waals surface area contributed by atoms with Gasteiger partial charge in [-0.3, -0.25) is 9.59 Å². The number of esters is 1. The number of hydrogen-bond donors (Lipinski definition) is 4. The van der Waals surface area contributed by atoms with Gasteiger partial charge in [-0.25, -0.2) is 4.79 Å². The van der Waals surface area contributed by atoms with Crippen LogP contribution in [0.4, 0.5) is 0 Å². The number of nitrogens with two attached hydrogens (primary N) is 1. The largest absolute Gasteiger partial charge is 0.508 e. The van der Waals surface area contributed by atoms with Gasteiger partial charge in [0.2, 0.25) is 0 Å². The van der Waals surface area contributed by atoms with Crippen molar-refractivity contribution >= 4 is 29.1 Å². The second-order valence-electron chi connectivity index (χ2n) is 5.76. The number of phenolic OH excluding ortho intramolecular Hbond substituents is 1. The van der Waals surface area contributed by atoms with Crippen LogP contribution in [0.15, 0.2) is 30.3 Å². The highest BCUT2D eigenvalue weighted by atomic mass is 32.1. The van der Waals surface area contributed by atoms with Gasteiger partial charge in [0.1, 0.15) is 11.8 Å². The molecule has 2 aromatic rings. The van der Waals surface area contributed by atoms with E-state index >= 15 is 0 Å². The van der Waals surface area contributed by atoms with E-state index in [4.69, 9.17) is 5.73 Å². The normalized spacial score (nSPS) is 11.5. The lowest BCUT2D eigenvalue weighted by Crippen LogP contribution is -2.46. The maximum Gasteiger partial charge on any atom is 0.329 e. The number of benzene rings is 1. The zero-order valence-electron chi connectivity index (χ0n) is 14.9. The highest BCUT2D eigenvalue weighted by Crippen LogP contribution is 2.22. The molecule has 9 heteroatoms. The van der Waals surface area contributed by atoms with Crippen LogP contribution < -0.4 is 16.4 Å². The molecule has 1 heterocycles. The summed E-state index contributed by atoms with van der Waals surface area (Å²) in [7, 11) is 1.21. The first-order chi connectivity index (χ1) is 12.8. The Kier molecular flexibility index (Phi) is 6.91. The lowest BCUT2D eigenvalue weighted by molar-refractivity contribution is -0.142. The zero-order valence-corrected chi connectivity index (χ0v) is 15.8. The van der Waals surface area contributed by atoms with E-state index in [9.17, 15) is 19.5 Å². The van der Waals surface area contributed by atoms with Crippen molar-refractivity contribution in [3.8, 4) is 5.75 Å². The van der Waals surface area contributed by atoms with E-state index in [0.29, 0.717) is 15.3 Å². The Hall–Kier alpha value is -2.91. The van der Waals surface area contributed by atoms with Gasteiger partial charge in [0.15, 0.2) is 0 Å². The summed E-state index contributed by atoms with van der Waals surface area (Å²) in [5.74, 6) is -1.35. The third-order valence-electron chi connectivity index (χ3n) is 3.74. The van der Waals surface area contributed by atoms with E-state index in [1.165, 1.54) is 7.11 Å². The number of amides is 2. The molecule has 1 aromatic carbocycles. The van der Waals surface area contributed by atoms with Crippen LogP contribution >= 0.6 is 11.3 Å². The van der Waals surface area contributed by atoms with Crippen LogP contribution in [0.25, 0.3) is 0 Å². The molecule has 0 unspecified atom stereocenters. The number of nitrogens with one attached hydrogen (secondary N) is 2. The van der Waals surface area contributed by atoms with E-state index in [2.05, 4.69) is 15.4 Å². The van der Waals surface area contributed by atoms with Crippen molar-refractivity contribution in [2.45, 2.75) is 19.5 Å². The molecule has 0 saturated carbocycles. The molecule has 27 heavy (non-hydrogen) atoms. The van der Waals surface area contributed by atoms with Crippen LogP contribution in [0.1, 0.15) is 30.5 Å². The molecule has 5 N–H and O–H groups in total. The standard InChI is InChI=1S/C18H21N3O5S/c1-10-6-14(16(23)20-9-11-4-3-5-12(22)7-11)27-15(10)17(24)21-13(8-19)18(25)26-2/h3-7,13,22H,8-9,19H2,1-2H3,(H,20,23)(H,21,24)/t13-/m0/s1. The monoisotopic (exact) mass is 391 g/mol. The first-order valence-corrected chi connectivity index (χ1v) is 8.92. The maximum absolute atomic E-state index is 12.4. The summed E-state index contributed by atoms with van der Waals surface area (Å²) in [6.07, 6.45) is 0. The number of aromatic hydroxyl groups is 1. The maximum atomic E-state index is 12.4. The van der Waals surface area contributed by atoms with Gasteiger partial charge in [-0.15, -0.1) is 11.3 Å². The molecule has 144 valence electrons. The number of thiophene rings is 1. The molecule has 0 saturated heterocycles. The van der Waals surface area contributed by atoms with Crippen molar-refractivity contribution in [3.63, 3.8) is 0 Å². The molecule has 0 aliphatic rings. The minimum atomic E-state index is -0.952. The van der Waals surface area contributed by atoms with Crippen LogP contribution in [-0.4, -0.2) is 42.6 Å². The van der Waals surface area contributed by atoms with E-state index in [1.54, 1.807) is 37.3 Å². The number of rotatable bonds is 7. The van der Waals surface area contributed by atoms with Gasteiger partial charge in [0.05, 0.1) is 16.9 Å². The molecule has 0 bridgehead atoms. The lowest BCUT2D eigenvalue weighted by atomic mass is 10.2. The molecule has 0 aliphatic heterocycles. The van der Waals surface area contributed by atoms with Crippen LogP contribution in [-0.2, 0) is 16.1 Å². The predicted molar refractivity (Wildman–Crippen MR) is 101 cm³/mol. The van der Waals surface area contributed by atoms with E-state index in [-0.39, 0.29) is 24.7 Å². The Morgan fingerprint density at radius 3 is 2.63 bits per heavy atom. The summed E-state index contributed by atoms with van der Waals surface area (Å²) in [6.45, 7) is 1.84. The molecule has 0 fully saturated rings. The van der Waals surface area contributed by atoms with Crippen molar-refractivity contribution in [3.05, 3.63) is 51.2 Å². The SMILES string of the molecule is COC(=O)[C@H](CN)NC(=O)c1sc(C(=O)NCc2cccc(O)c2)cc1C. The summed E-state index contributed by atoms with van der Waals surface area (Å²) < 4.78 is 4.58. The van der Waals surface area contributed by atoms with E-state index in [0.717, 1.165) is 16.9 Å². The van der Waals surface area contributed by atoms with E-state index < -0.39 is 17.9 Å². The molecule has 1 aromatic heterocycles. The van der Waals surface area contributed by atoms with Crippen LogP contribution in [0.3, 0.4) is 0 Å². The van der Waals surface area contributed by atoms with Gasteiger partial charge >= 0.3 is 5.97 Å². The fourth-order valence-electron chi connectivity index (χ4n) is 2.34. The Balaban J connectivity index is 2.04. The Morgan fingerprint density at radius 2 is 2.00 bits per heavy atom. The second kappa shape index (κ2) is 9.15. The fourth-order valence-corrected chi connectivity index (χ4v) is 3.33. The number of aryl methyl sites for hydroxylation is 1. The first kappa shape index (κ1) is 20.4. The molecular weight excluding hydrogens is 370 g/mol. The summed E-state index contributed by atoms with van der Waals surface area (Å²) in [5.41, 5.74) is 6.84. The molecule has 2 rings (SSSR count). The summed E-state index contributed by atoms with van der Waals surface area (Å²) >= 11 is 1.02. The van der Waals surface area contributed by atoms with Gasteiger partial charge in [-0.1, -0.05) is 12.1 Å². The average Bonchev–Trinajstić information content (AvgIpc) is 3.05. The summed E-state index contributed by atoms with van der Waals surface area (Å²) in [4.78, 5) is 37.0. The Labute approximate surface area is 160 Å². The van der Waals surface area contributed by atoms with Crippen LogP contribution in [0.5, 0.6) is 5.75 Å². The number of carbonyl (C=O) groups is 3. The number of carbonyl (C=O) groups excluding carboxylic acids is 3. The van der Waals surface area contributed by atoms with Gasteiger partial charge in [-0.2, -0.15) is 0 Å². The number of methoxy groups -OCH3 is 1. The van der Waals surface area contributed by atoms with Crippen molar-refractivity contribution in [1.82, 2.24) is 10.6 Å². The van der Waals surface area contributed by atoms with Gasteiger partial charge in [0, 0.05) is 13.1 Å². The zero-order chi connectivity index (χ0) is 20.0. The molecule has 0 spiro atoms. The minimum Gasteiger partial charge on any atom is -0.508 e. The molecule has 0 radical (unpaired) electrons. The van der Waals surface area contributed by atoms with Gasteiger partial charge < -0.3 is 26.2 Å². The molecule has 2 amide bonds. The molecule has 8 nitrogen and oxygen atoms in total. The smallest absolute Gasteiger partial charge is 0.329 e. The van der Waals surface area contributed by atoms with E-state index in [1.807, 2.05) is 0 Å². The first-order valence-electron chi connectivity index (χ1n) is 8.11. The molecule has 1 atom stereocenters. The Morgan fingerprint density at radius 1 is 1.26 bits per heavy atom. The predicted octanol–water partition coefficient (Wildman–Crippen LogP) is 0.922. The van der Waals surface area contributed by atoms with Crippen molar-refractivity contribution in [1.29, 1.82) is 0 Å². The molecular formula is C18H21N3O5S. The number of hydrogen-bond acceptors (Lipinski definition) is 7. The van der Waals surface area contributed by atoms with Crippen LogP contribution in [0.2, 0.25) is 0 Å². The number of ether oxygens (including phenoxy) is 1. The third kappa shape index (κ3) is 5.28. The highest BCUT2D eigenvalue weighted by molar-refractivity contribution is 7.16. The molecule has 0 aliphatic carbocycles. The van der Waals surface area contributed by atoms with Crippen molar-refractivity contribution in [2.24, 2.45) is 5.73 Å². The van der Waals surface area contributed by atoms with Crippen molar-refractivity contribution < 1.29 is 24.2 Å². The topological polar surface area (TPSA) is 131 Å². The van der Waals surface area contributed by atoms with Crippen LogP contribution in [0, 0.1) is 6.92 Å². The quantitative estimate of drug-likeness (QED) is 0.519.